The predicted octanol–water partition coefficient (Wildman–Crippen LogP) is 3.35. The summed E-state index contributed by atoms with van der Waals surface area (Å²) in [4.78, 5) is 4.36. The Bertz CT molecular complexity index is 815. The number of rotatable bonds is 5. The first-order valence-corrected chi connectivity index (χ1v) is 9.74. The Morgan fingerprint density at radius 1 is 1.44 bits per heavy atom. The minimum Gasteiger partial charge on any atom is -0.496 e. The molecule has 0 saturated heterocycles. The van der Waals surface area contributed by atoms with E-state index in [1.54, 1.807) is 14.2 Å². The second kappa shape index (κ2) is 8.65. The highest BCUT2D eigenvalue weighted by atomic mass is 35.5. The Kier molecular flexibility index (Phi) is 6.26. The van der Waals surface area contributed by atoms with Gasteiger partial charge >= 0.3 is 0 Å². The highest BCUT2D eigenvalue weighted by molar-refractivity contribution is 6.30. The third-order valence-corrected chi connectivity index (χ3v) is 5.11. The van der Waals surface area contributed by atoms with Crippen LogP contribution >= 0.6 is 11.6 Å². The van der Waals surface area contributed by atoms with Crippen molar-refractivity contribution < 1.29 is 4.74 Å². The maximum atomic E-state index is 6.11. The summed E-state index contributed by atoms with van der Waals surface area (Å²) in [6.07, 6.45) is 5.21. The second-order valence-corrected chi connectivity index (χ2v) is 7.58. The zero-order valence-corrected chi connectivity index (χ0v) is 17.2. The van der Waals surface area contributed by atoms with Gasteiger partial charge in [0.25, 0.3) is 0 Å². The molecule has 0 saturated carbocycles. The number of ether oxygens (including phenoxy) is 1. The predicted molar refractivity (Wildman–Crippen MR) is 110 cm³/mol. The van der Waals surface area contributed by atoms with E-state index < -0.39 is 0 Å². The molecular formula is C20H28ClN5O. The number of methoxy groups -OCH3 is 1. The molecule has 3 rings (SSSR count). The number of halogens is 1. The molecule has 146 valence electrons. The molecule has 2 aromatic rings. The van der Waals surface area contributed by atoms with Gasteiger partial charge in [0.05, 0.1) is 12.8 Å². The zero-order chi connectivity index (χ0) is 19.4. The van der Waals surface area contributed by atoms with E-state index in [1.165, 1.54) is 11.3 Å². The maximum absolute atomic E-state index is 6.11. The lowest BCUT2D eigenvalue weighted by Crippen LogP contribution is -2.45. The van der Waals surface area contributed by atoms with Crippen LogP contribution in [0.5, 0.6) is 5.75 Å². The van der Waals surface area contributed by atoms with Crippen LogP contribution in [0.1, 0.15) is 43.1 Å². The molecule has 27 heavy (non-hydrogen) atoms. The van der Waals surface area contributed by atoms with Gasteiger partial charge in [0.15, 0.2) is 5.96 Å². The summed E-state index contributed by atoms with van der Waals surface area (Å²) in [5.41, 5.74) is 3.56. The molecule has 0 radical (unpaired) electrons. The summed E-state index contributed by atoms with van der Waals surface area (Å²) in [6, 6.07) is 6.33. The Balaban J connectivity index is 1.60. The van der Waals surface area contributed by atoms with Gasteiger partial charge in [0.2, 0.25) is 0 Å². The van der Waals surface area contributed by atoms with E-state index >= 15 is 0 Å². The van der Waals surface area contributed by atoms with E-state index in [9.17, 15) is 0 Å². The van der Waals surface area contributed by atoms with E-state index in [1.807, 2.05) is 18.2 Å². The quantitative estimate of drug-likeness (QED) is 0.608. The van der Waals surface area contributed by atoms with Crippen LogP contribution in [0, 0.1) is 0 Å². The number of nitrogens with zero attached hydrogens (tertiary/aromatic N) is 3. The van der Waals surface area contributed by atoms with E-state index in [-0.39, 0.29) is 0 Å². The summed E-state index contributed by atoms with van der Waals surface area (Å²) < 4.78 is 7.47. The number of hydrogen-bond donors (Lipinski definition) is 2. The van der Waals surface area contributed by atoms with Gasteiger partial charge < -0.3 is 15.4 Å². The zero-order valence-electron chi connectivity index (χ0n) is 16.4. The Morgan fingerprint density at radius 3 is 2.96 bits per heavy atom. The molecule has 1 aliphatic carbocycles. The van der Waals surface area contributed by atoms with E-state index in [2.05, 4.69) is 40.4 Å². The van der Waals surface area contributed by atoms with Crippen LogP contribution in [-0.2, 0) is 19.4 Å². The van der Waals surface area contributed by atoms with Gasteiger partial charge in [-0.25, -0.2) is 0 Å². The topological polar surface area (TPSA) is 63.5 Å². The fourth-order valence-electron chi connectivity index (χ4n) is 3.35. The van der Waals surface area contributed by atoms with E-state index in [0.29, 0.717) is 23.7 Å². The van der Waals surface area contributed by atoms with Crippen molar-refractivity contribution in [2.75, 3.05) is 14.2 Å². The molecule has 6 nitrogen and oxygen atoms in total. The third kappa shape index (κ3) is 4.75. The number of aliphatic imine (C=N–C) groups is 1. The number of guanidine groups is 1. The van der Waals surface area contributed by atoms with Gasteiger partial charge in [-0.2, -0.15) is 5.10 Å². The van der Waals surface area contributed by atoms with Gasteiger partial charge in [-0.1, -0.05) is 11.6 Å². The smallest absolute Gasteiger partial charge is 0.191 e. The van der Waals surface area contributed by atoms with Crippen LogP contribution in [0.3, 0.4) is 0 Å². The number of hydrogen-bond acceptors (Lipinski definition) is 3. The molecule has 0 spiro atoms. The lowest BCUT2D eigenvalue weighted by molar-refractivity contribution is 0.409. The number of nitrogens with one attached hydrogen (secondary N) is 2. The van der Waals surface area contributed by atoms with Gasteiger partial charge in [-0.3, -0.25) is 9.67 Å². The van der Waals surface area contributed by atoms with Crippen molar-refractivity contribution in [1.29, 1.82) is 0 Å². The summed E-state index contributed by atoms with van der Waals surface area (Å²) in [5, 5.41) is 12.3. The summed E-state index contributed by atoms with van der Waals surface area (Å²) >= 11 is 6.11. The molecule has 1 aliphatic rings. The van der Waals surface area contributed by atoms with Crippen LogP contribution in [0.2, 0.25) is 5.02 Å². The number of benzene rings is 1. The van der Waals surface area contributed by atoms with Crippen LogP contribution in [0.25, 0.3) is 0 Å². The minimum absolute atomic E-state index is 0.320. The van der Waals surface area contributed by atoms with Gasteiger partial charge in [-0.15, -0.1) is 0 Å². The average Bonchev–Trinajstić information content (AvgIpc) is 3.09. The first-order valence-electron chi connectivity index (χ1n) is 9.36. The number of fused-ring (bicyclic) bond motifs is 1. The van der Waals surface area contributed by atoms with Crippen molar-refractivity contribution in [3.05, 3.63) is 46.2 Å². The first-order chi connectivity index (χ1) is 13.0. The molecule has 0 aliphatic heterocycles. The monoisotopic (exact) mass is 389 g/mol. The first kappa shape index (κ1) is 19.5. The summed E-state index contributed by atoms with van der Waals surface area (Å²) in [5.74, 6) is 1.58. The molecule has 1 aromatic heterocycles. The molecular weight excluding hydrogens is 362 g/mol. The van der Waals surface area contributed by atoms with Crippen LogP contribution in [0.15, 0.2) is 29.4 Å². The van der Waals surface area contributed by atoms with Crippen LogP contribution in [0.4, 0.5) is 0 Å². The molecule has 2 N–H and O–H groups in total. The van der Waals surface area contributed by atoms with Crippen molar-refractivity contribution in [3.63, 3.8) is 0 Å². The van der Waals surface area contributed by atoms with Crippen molar-refractivity contribution in [3.8, 4) is 5.75 Å². The standard InChI is InChI=1S/C20H28ClN5O/c1-13(2)26-12-14-5-7-17(10-18(14)25-26)24-20(22-3)23-11-15-9-16(21)6-8-19(15)27-4/h6,8-9,12-13,17H,5,7,10-11H2,1-4H3,(H2,22,23,24). The van der Waals surface area contributed by atoms with Crippen molar-refractivity contribution in [2.45, 2.75) is 51.7 Å². The Hall–Kier alpha value is -2.21. The lowest BCUT2D eigenvalue weighted by Gasteiger charge is -2.24. The fraction of sp³-hybridized carbons (Fsp3) is 0.500. The van der Waals surface area contributed by atoms with Gasteiger partial charge in [-0.05, 0) is 50.5 Å². The normalized spacial score (nSPS) is 17.0. The summed E-state index contributed by atoms with van der Waals surface area (Å²) in [7, 11) is 3.45. The number of aryl methyl sites for hydroxylation is 1. The average molecular weight is 390 g/mol. The molecule has 0 amide bonds. The van der Waals surface area contributed by atoms with Crippen LogP contribution < -0.4 is 15.4 Å². The molecule has 1 atom stereocenters. The van der Waals surface area contributed by atoms with Crippen molar-refractivity contribution >= 4 is 17.6 Å². The van der Waals surface area contributed by atoms with E-state index in [4.69, 9.17) is 21.4 Å². The van der Waals surface area contributed by atoms with Gasteiger partial charge in [0, 0.05) is 48.9 Å². The highest BCUT2D eigenvalue weighted by Gasteiger charge is 2.23. The molecule has 0 fully saturated rings. The van der Waals surface area contributed by atoms with Crippen molar-refractivity contribution in [1.82, 2.24) is 20.4 Å². The highest BCUT2D eigenvalue weighted by Crippen LogP contribution is 2.23. The Morgan fingerprint density at radius 2 is 2.26 bits per heavy atom. The molecule has 1 unspecified atom stereocenters. The molecule has 1 aromatic carbocycles. The molecule has 1 heterocycles. The number of aromatic nitrogens is 2. The molecule has 7 heteroatoms. The second-order valence-electron chi connectivity index (χ2n) is 7.14. The SMILES string of the molecule is CN=C(NCc1cc(Cl)ccc1OC)NC1CCc2cn(C(C)C)nc2C1. The fourth-order valence-corrected chi connectivity index (χ4v) is 3.55. The van der Waals surface area contributed by atoms with Gasteiger partial charge in [0.1, 0.15) is 5.75 Å². The minimum atomic E-state index is 0.320. The van der Waals surface area contributed by atoms with E-state index in [0.717, 1.165) is 36.5 Å². The summed E-state index contributed by atoms with van der Waals surface area (Å²) in [6.45, 7) is 4.90. The van der Waals surface area contributed by atoms with Crippen molar-refractivity contribution in [2.24, 2.45) is 4.99 Å². The lowest BCUT2D eigenvalue weighted by atomic mass is 9.94. The third-order valence-electron chi connectivity index (χ3n) is 4.88. The largest absolute Gasteiger partial charge is 0.496 e. The van der Waals surface area contributed by atoms with Crippen LogP contribution in [-0.4, -0.2) is 35.9 Å². The molecule has 0 bridgehead atoms. The maximum Gasteiger partial charge on any atom is 0.191 e. The Labute approximate surface area is 166 Å².